The predicted octanol–water partition coefficient (Wildman–Crippen LogP) is 6.55. The van der Waals surface area contributed by atoms with Crippen LogP contribution in [0.1, 0.15) is 30.7 Å². The third-order valence-corrected chi connectivity index (χ3v) is 5.33. The Balaban J connectivity index is 1.78. The van der Waals surface area contributed by atoms with Crippen molar-refractivity contribution < 1.29 is 13.9 Å². The molecule has 1 N–H and O–H groups in total. The van der Waals surface area contributed by atoms with Gasteiger partial charge in [0, 0.05) is 33.8 Å². The van der Waals surface area contributed by atoms with Gasteiger partial charge in [0.2, 0.25) is 5.91 Å². The number of pyridine rings is 1. The number of hydrogen-bond donors (Lipinski definition) is 1. The van der Waals surface area contributed by atoms with Crippen LogP contribution in [0, 0.1) is 13.8 Å². The molecule has 4 rings (SSSR count). The molecule has 162 valence electrons. The summed E-state index contributed by atoms with van der Waals surface area (Å²) in [4.78, 5) is 17.0. The number of fused-ring (bicyclic) bond motifs is 1. The quantitative estimate of drug-likeness (QED) is 0.355. The highest BCUT2D eigenvalue weighted by Crippen LogP contribution is 2.40. The van der Waals surface area contributed by atoms with Gasteiger partial charge in [-0.15, -0.1) is 0 Å². The molecule has 0 fully saturated rings. The number of furan rings is 1. The molecule has 2 aromatic carbocycles. The van der Waals surface area contributed by atoms with Crippen molar-refractivity contribution in [3.05, 3.63) is 83.8 Å². The van der Waals surface area contributed by atoms with Gasteiger partial charge in [-0.1, -0.05) is 36.4 Å². The zero-order chi connectivity index (χ0) is 22.7. The van der Waals surface area contributed by atoms with Crippen molar-refractivity contribution in [2.24, 2.45) is 0 Å². The minimum atomic E-state index is -0.240. The molecular formula is C27H26N2O3. The molecule has 4 aromatic rings. The van der Waals surface area contributed by atoms with Crippen molar-refractivity contribution in [3.63, 3.8) is 0 Å². The minimum absolute atomic E-state index is 0.240. The molecule has 2 heterocycles. The van der Waals surface area contributed by atoms with Crippen LogP contribution in [0.4, 0.5) is 5.82 Å². The molecule has 1 amide bonds. The first kappa shape index (κ1) is 21.4. The average molecular weight is 427 g/mol. The SMILES string of the molecule is CCOc1c(/C(C)=C/C(=O)Nc2cccc(C)n2)cc2c(-c3ccccc3)coc2c1C. The van der Waals surface area contributed by atoms with Gasteiger partial charge >= 0.3 is 0 Å². The molecule has 0 saturated carbocycles. The summed E-state index contributed by atoms with van der Waals surface area (Å²) >= 11 is 0. The number of amides is 1. The Hall–Kier alpha value is -3.86. The summed E-state index contributed by atoms with van der Waals surface area (Å²) in [6, 6.07) is 17.7. The largest absolute Gasteiger partial charge is 0.493 e. The van der Waals surface area contributed by atoms with E-state index in [-0.39, 0.29) is 5.91 Å². The first-order chi connectivity index (χ1) is 15.5. The number of rotatable bonds is 6. The van der Waals surface area contributed by atoms with Gasteiger partial charge in [0.1, 0.15) is 17.2 Å². The van der Waals surface area contributed by atoms with Crippen molar-refractivity contribution in [3.8, 4) is 16.9 Å². The average Bonchev–Trinajstić information content (AvgIpc) is 3.20. The Labute approximate surface area is 187 Å². The third kappa shape index (κ3) is 4.28. The van der Waals surface area contributed by atoms with E-state index < -0.39 is 0 Å². The van der Waals surface area contributed by atoms with E-state index in [4.69, 9.17) is 9.15 Å². The summed E-state index contributed by atoms with van der Waals surface area (Å²) in [7, 11) is 0. The molecule has 5 heteroatoms. The van der Waals surface area contributed by atoms with E-state index in [2.05, 4.69) is 22.4 Å². The Morgan fingerprint density at radius 1 is 1.12 bits per heavy atom. The van der Waals surface area contributed by atoms with Crippen LogP contribution in [-0.4, -0.2) is 17.5 Å². The Kier molecular flexibility index (Phi) is 6.08. The number of anilines is 1. The Bertz CT molecular complexity index is 1300. The van der Waals surface area contributed by atoms with Crippen LogP contribution in [0.5, 0.6) is 5.75 Å². The Morgan fingerprint density at radius 2 is 1.91 bits per heavy atom. The molecule has 5 nitrogen and oxygen atoms in total. The zero-order valence-corrected chi connectivity index (χ0v) is 18.7. The normalized spacial score (nSPS) is 11.6. The lowest BCUT2D eigenvalue weighted by Gasteiger charge is -2.15. The molecular weight excluding hydrogens is 400 g/mol. The lowest BCUT2D eigenvalue weighted by Crippen LogP contribution is -2.10. The predicted molar refractivity (Wildman–Crippen MR) is 129 cm³/mol. The summed E-state index contributed by atoms with van der Waals surface area (Å²) in [5.74, 6) is 1.01. The molecule has 0 atom stereocenters. The van der Waals surface area contributed by atoms with Crippen LogP contribution in [0.25, 0.3) is 27.7 Å². The number of nitrogens with one attached hydrogen (secondary N) is 1. The molecule has 2 aromatic heterocycles. The summed E-state index contributed by atoms with van der Waals surface area (Å²) in [5, 5.41) is 3.82. The molecule has 0 spiro atoms. The molecule has 0 aliphatic carbocycles. The second kappa shape index (κ2) is 9.10. The molecule has 0 saturated heterocycles. The van der Waals surface area contributed by atoms with Crippen molar-refractivity contribution in [2.45, 2.75) is 27.7 Å². The number of allylic oxidation sites excluding steroid dienone is 1. The highest BCUT2D eigenvalue weighted by atomic mass is 16.5. The van der Waals surface area contributed by atoms with Crippen LogP contribution in [0.15, 0.2) is 71.4 Å². The van der Waals surface area contributed by atoms with Gasteiger partial charge in [-0.25, -0.2) is 4.98 Å². The van der Waals surface area contributed by atoms with Crippen LogP contribution in [-0.2, 0) is 4.79 Å². The number of ether oxygens (including phenoxy) is 1. The topological polar surface area (TPSA) is 64.4 Å². The monoisotopic (exact) mass is 426 g/mol. The maximum atomic E-state index is 12.7. The smallest absolute Gasteiger partial charge is 0.249 e. The van der Waals surface area contributed by atoms with Crippen molar-refractivity contribution in [2.75, 3.05) is 11.9 Å². The first-order valence-corrected chi connectivity index (χ1v) is 10.6. The first-order valence-electron chi connectivity index (χ1n) is 10.6. The van der Waals surface area contributed by atoms with Crippen molar-refractivity contribution >= 4 is 28.3 Å². The van der Waals surface area contributed by atoms with E-state index in [0.29, 0.717) is 12.4 Å². The highest BCUT2D eigenvalue weighted by Gasteiger charge is 2.19. The second-order valence-electron chi connectivity index (χ2n) is 7.68. The number of benzene rings is 2. The molecule has 0 aliphatic heterocycles. The zero-order valence-electron chi connectivity index (χ0n) is 18.7. The number of carbonyl (C=O) groups excluding carboxylic acids is 1. The van der Waals surface area contributed by atoms with E-state index in [1.807, 2.05) is 64.1 Å². The van der Waals surface area contributed by atoms with Crippen LogP contribution < -0.4 is 10.1 Å². The Morgan fingerprint density at radius 3 is 2.62 bits per heavy atom. The number of aryl methyl sites for hydroxylation is 2. The van der Waals surface area contributed by atoms with Gasteiger partial charge in [0.25, 0.3) is 0 Å². The molecule has 32 heavy (non-hydrogen) atoms. The number of nitrogens with zero attached hydrogens (tertiary/aromatic N) is 1. The molecule has 0 bridgehead atoms. The van der Waals surface area contributed by atoms with Crippen LogP contribution in [0.2, 0.25) is 0 Å². The van der Waals surface area contributed by atoms with Gasteiger partial charge in [-0.05, 0) is 57.0 Å². The van der Waals surface area contributed by atoms with Gasteiger partial charge in [-0.3, -0.25) is 4.79 Å². The van der Waals surface area contributed by atoms with E-state index in [9.17, 15) is 4.79 Å². The van der Waals surface area contributed by atoms with E-state index >= 15 is 0 Å². The summed E-state index contributed by atoms with van der Waals surface area (Å²) < 4.78 is 11.9. The fourth-order valence-corrected chi connectivity index (χ4v) is 3.83. The van der Waals surface area contributed by atoms with Gasteiger partial charge < -0.3 is 14.5 Å². The maximum absolute atomic E-state index is 12.7. The number of aromatic nitrogens is 1. The molecule has 0 unspecified atom stereocenters. The standard InChI is InChI=1S/C27H26N2O3/c1-5-31-26-19(4)27-22(23(16-32-27)20-11-7-6-8-12-20)15-21(26)17(2)14-25(30)29-24-13-9-10-18(3)28-24/h6-16H,5H2,1-4H3,(H,28,29,30)/b17-14+. The van der Waals surface area contributed by atoms with E-state index in [0.717, 1.165) is 50.2 Å². The summed E-state index contributed by atoms with van der Waals surface area (Å²) in [6.45, 7) is 8.24. The van der Waals surface area contributed by atoms with Gasteiger partial charge in [-0.2, -0.15) is 0 Å². The van der Waals surface area contributed by atoms with Crippen LogP contribution >= 0.6 is 0 Å². The van der Waals surface area contributed by atoms with Crippen molar-refractivity contribution in [1.29, 1.82) is 0 Å². The molecule has 0 radical (unpaired) electrons. The van der Waals surface area contributed by atoms with Gasteiger partial charge in [0.05, 0.1) is 12.9 Å². The van der Waals surface area contributed by atoms with Crippen LogP contribution in [0.3, 0.4) is 0 Å². The number of hydrogen-bond acceptors (Lipinski definition) is 4. The fraction of sp³-hybridized carbons (Fsp3) is 0.185. The fourth-order valence-electron chi connectivity index (χ4n) is 3.83. The maximum Gasteiger partial charge on any atom is 0.249 e. The summed E-state index contributed by atoms with van der Waals surface area (Å²) in [5.41, 5.74) is 6.29. The van der Waals surface area contributed by atoms with E-state index in [1.54, 1.807) is 18.4 Å². The summed E-state index contributed by atoms with van der Waals surface area (Å²) in [6.07, 6.45) is 3.36. The number of carbonyl (C=O) groups is 1. The van der Waals surface area contributed by atoms with E-state index in [1.165, 1.54) is 0 Å². The minimum Gasteiger partial charge on any atom is -0.493 e. The lowest BCUT2D eigenvalue weighted by molar-refractivity contribution is -0.111. The highest BCUT2D eigenvalue weighted by molar-refractivity contribution is 6.05. The van der Waals surface area contributed by atoms with Gasteiger partial charge in [0.15, 0.2) is 0 Å². The third-order valence-electron chi connectivity index (χ3n) is 5.33. The molecule has 0 aliphatic rings. The van der Waals surface area contributed by atoms with Crippen molar-refractivity contribution in [1.82, 2.24) is 4.98 Å². The lowest BCUT2D eigenvalue weighted by atomic mass is 9.96. The second-order valence-corrected chi connectivity index (χ2v) is 7.68.